The lowest BCUT2D eigenvalue weighted by molar-refractivity contribution is -0.142. The summed E-state index contributed by atoms with van der Waals surface area (Å²) in [5, 5.41) is 11.8. The third-order valence-electron chi connectivity index (χ3n) is 3.38. The van der Waals surface area contributed by atoms with Crippen molar-refractivity contribution in [3.05, 3.63) is 24.3 Å². The molecule has 0 aliphatic carbocycles. The van der Waals surface area contributed by atoms with Crippen LogP contribution in [0.3, 0.4) is 0 Å². The van der Waals surface area contributed by atoms with Crippen LogP contribution < -0.4 is 10.1 Å². The van der Waals surface area contributed by atoms with Crippen molar-refractivity contribution in [2.45, 2.75) is 18.9 Å². The number of carboxylic acids is 1. The molecule has 1 fully saturated rings. The van der Waals surface area contributed by atoms with Gasteiger partial charge < -0.3 is 15.2 Å². The number of benzene rings is 1. The molecule has 1 heterocycles. The summed E-state index contributed by atoms with van der Waals surface area (Å²) in [6.07, 6.45) is 1.40. The summed E-state index contributed by atoms with van der Waals surface area (Å²) in [5.41, 5.74) is 0.589. The van der Waals surface area contributed by atoms with Crippen molar-refractivity contribution < 1.29 is 19.4 Å². The first-order valence-corrected chi connectivity index (χ1v) is 6.51. The number of methoxy groups -OCH3 is 1. The molecule has 0 spiro atoms. The average Bonchev–Trinajstić information content (AvgIpc) is 2.87. The molecule has 2 rings (SSSR count). The molecule has 6 heteroatoms. The number of aliphatic carboxylic acids is 1. The van der Waals surface area contributed by atoms with E-state index in [0.29, 0.717) is 24.4 Å². The molecule has 1 aromatic rings. The number of carbonyl (C=O) groups is 2. The topological polar surface area (TPSA) is 78.9 Å². The highest BCUT2D eigenvalue weighted by atomic mass is 16.5. The number of para-hydroxylation sites is 2. The molecular weight excluding hydrogens is 260 g/mol. The molecule has 20 heavy (non-hydrogen) atoms. The van der Waals surface area contributed by atoms with E-state index < -0.39 is 12.0 Å². The van der Waals surface area contributed by atoms with Gasteiger partial charge in [0.25, 0.3) is 0 Å². The summed E-state index contributed by atoms with van der Waals surface area (Å²) in [6, 6.07) is 6.56. The van der Waals surface area contributed by atoms with Gasteiger partial charge in [-0.15, -0.1) is 0 Å². The first kappa shape index (κ1) is 14.3. The largest absolute Gasteiger partial charge is 0.495 e. The molecule has 1 unspecified atom stereocenters. The SMILES string of the molecule is COc1ccccc1NC(=O)CN1CCCC1C(=O)O. The maximum absolute atomic E-state index is 12.0. The first-order valence-electron chi connectivity index (χ1n) is 6.51. The molecule has 1 amide bonds. The fourth-order valence-electron chi connectivity index (χ4n) is 2.42. The van der Waals surface area contributed by atoms with Crippen LogP contribution in [0.25, 0.3) is 0 Å². The minimum Gasteiger partial charge on any atom is -0.495 e. The van der Waals surface area contributed by atoms with Crippen LogP contribution in [0.15, 0.2) is 24.3 Å². The van der Waals surface area contributed by atoms with Gasteiger partial charge in [0.15, 0.2) is 0 Å². The van der Waals surface area contributed by atoms with Crippen LogP contribution in [0.4, 0.5) is 5.69 Å². The fraction of sp³-hybridized carbons (Fsp3) is 0.429. The van der Waals surface area contributed by atoms with Gasteiger partial charge in [0.05, 0.1) is 19.3 Å². The summed E-state index contributed by atoms with van der Waals surface area (Å²) in [6.45, 7) is 0.714. The number of ether oxygens (including phenoxy) is 1. The minimum atomic E-state index is -0.868. The lowest BCUT2D eigenvalue weighted by atomic mass is 10.2. The Hall–Kier alpha value is -2.08. The standard InChI is InChI=1S/C14H18N2O4/c1-20-12-7-3-2-5-10(12)15-13(17)9-16-8-4-6-11(16)14(18)19/h2-3,5,7,11H,4,6,8-9H2,1H3,(H,15,17)(H,18,19). The van der Waals surface area contributed by atoms with E-state index in [4.69, 9.17) is 9.84 Å². The van der Waals surface area contributed by atoms with Crippen molar-refractivity contribution >= 4 is 17.6 Å². The van der Waals surface area contributed by atoms with E-state index in [2.05, 4.69) is 5.32 Å². The Balaban J connectivity index is 1.97. The highest BCUT2D eigenvalue weighted by molar-refractivity contribution is 5.94. The van der Waals surface area contributed by atoms with Crippen LogP contribution >= 0.6 is 0 Å². The molecule has 108 valence electrons. The molecule has 0 bridgehead atoms. The van der Waals surface area contributed by atoms with Gasteiger partial charge in [0.2, 0.25) is 5.91 Å². The predicted octanol–water partition coefficient (Wildman–Crippen LogP) is 1.18. The van der Waals surface area contributed by atoms with Crippen molar-refractivity contribution in [1.29, 1.82) is 0 Å². The fourth-order valence-corrected chi connectivity index (χ4v) is 2.42. The van der Waals surface area contributed by atoms with E-state index in [9.17, 15) is 9.59 Å². The van der Waals surface area contributed by atoms with Gasteiger partial charge in [0, 0.05) is 0 Å². The smallest absolute Gasteiger partial charge is 0.320 e. The number of rotatable bonds is 5. The molecule has 1 atom stereocenters. The van der Waals surface area contributed by atoms with E-state index in [1.54, 1.807) is 23.1 Å². The number of likely N-dealkylation sites (tertiary alicyclic amines) is 1. The number of amides is 1. The quantitative estimate of drug-likeness (QED) is 0.845. The Morgan fingerprint density at radius 1 is 1.45 bits per heavy atom. The number of carbonyl (C=O) groups excluding carboxylic acids is 1. The molecule has 1 aromatic carbocycles. The molecule has 0 aromatic heterocycles. The van der Waals surface area contributed by atoms with Gasteiger partial charge in [-0.1, -0.05) is 12.1 Å². The van der Waals surface area contributed by atoms with Gasteiger partial charge in [-0.3, -0.25) is 14.5 Å². The molecule has 6 nitrogen and oxygen atoms in total. The van der Waals surface area contributed by atoms with E-state index in [1.165, 1.54) is 7.11 Å². The maximum atomic E-state index is 12.0. The lowest BCUT2D eigenvalue weighted by Gasteiger charge is -2.20. The average molecular weight is 278 g/mol. The van der Waals surface area contributed by atoms with Gasteiger partial charge in [-0.05, 0) is 31.5 Å². The van der Waals surface area contributed by atoms with Gasteiger partial charge in [0.1, 0.15) is 11.8 Å². The van der Waals surface area contributed by atoms with Crippen LogP contribution in [-0.2, 0) is 9.59 Å². The van der Waals surface area contributed by atoms with Crippen molar-refractivity contribution in [2.75, 3.05) is 25.5 Å². The number of anilines is 1. The van der Waals surface area contributed by atoms with Crippen LogP contribution in [-0.4, -0.2) is 48.1 Å². The summed E-state index contributed by atoms with van der Waals surface area (Å²) < 4.78 is 5.15. The summed E-state index contributed by atoms with van der Waals surface area (Å²) in [4.78, 5) is 24.7. The van der Waals surface area contributed by atoms with Crippen LogP contribution in [0.1, 0.15) is 12.8 Å². The molecule has 1 aliphatic heterocycles. The predicted molar refractivity (Wildman–Crippen MR) is 73.9 cm³/mol. The Morgan fingerprint density at radius 2 is 2.20 bits per heavy atom. The monoisotopic (exact) mass is 278 g/mol. The summed E-state index contributed by atoms with van der Waals surface area (Å²) in [5.74, 6) is -0.521. The number of carboxylic acid groups (broad SMARTS) is 1. The second-order valence-electron chi connectivity index (χ2n) is 4.72. The second-order valence-corrected chi connectivity index (χ2v) is 4.72. The van der Waals surface area contributed by atoms with Crippen LogP contribution in [0, 0.1) is 0 Å². The maximum Gasteiger partial charge on any atom is 0.320 e. The Labute approximate surface area is 117 Å². The van der Waals surface area contributed by atoms with Gasteiger partial charge in [-0.25, -0.2) is 0 Å². The zero-order chi connectivity index (χ0) is 14.5. The highest BCUT2D eigenvalue weighted by Gasteiger charge is 2.31. The first-order chi connectivity index (χ1) is 9.61. The van der Waals surface area contributed by atoms with E-state index in [-0.39, 0.29) is 12.5 Å². The Morgan fingerprint density at radius 3 is 2.90 bits per heavy atom. The normalized spacial score (nSPS) is 18.8. The molecule has 1 aliphatic rings. The molecule has 0 radical (unpaired) electrons. The van der Waals surface area contributed by atoms with Crippen molar-refractivity contribution in [1.82, 2.24) is 4.90 Å². The molecule has 2 N–H and O–H groups in total. The van der Waals surface area contributed by atoms with Crippen LogP contribution in [0.5, 0.6) is 5.75 Å². The van der Waals surface area contributed by atoms with Gasteiger partial charge >= 0.3 is 5.97 Å². The Bertz CT molecular complexity index is 504. The summed E-state index contributed by atoms with van der Waals surface area (Å²) in [7, 11) is 1.53. The number of nitrogens with one attached hydrogen (secondary N) is 1. The molecule has 0 saturated carbocycles. The van der Waals surface area contributed by atoms with E-state index in [0.717, 1.165) is 6.42 Å². The lowest BCUT2D eigenvalue weighted by Crippen LogP contribution is -2.40. The van der Waals surface area contributed by atoms with Crippen LogP contribution in [0.2, 0.25) is 0 Å². The highest BCUT2D eigenvalue weighted by Crippen LogP contribution is 2.23. The summed E-state index contributed by atoms with van der Waals surface area (Å²) >= 11 is 0. The van der Waals surface area contributed by atoms with Crippen molar-refractivity contribution in [3.8, 4) is 5.75 Å². The zero-order valence-electron chi connectivity index (χ0n) is 11.3. The number of nitrogens with zero attached hydrogens (tertiary/aromatic N) is 1. The number of hydrogen-bond donors (Lipinski definition) is 2. The van der Waals surface area contributed by atoms with E-state index in [1.807, 2.05) is 6.07 Å². The third kappa shape index (κ3) is 3.27. The third-order valence-corrected chi connectivity index (χ3v) is 3.38. The zero-order valence-corrected chi connectivity index (χ0v) is 11.3. The van der Waals surface area contributed by atoms with E-state index >= 15 is 0 Å². The van der Waals surface area contributed by atoms with Crippen molar-refractivity contribution in [3.63, 3.8) is 0 Å². The van der Waals surface area contributed by atoms with Crippen molar-refractivity contribution in [2.24, 2.45) is 0 Å². The Kier molecular flexibility index (Phi) is 4.57. The second kappa shape index (κ2) is 6.38. The molecular formula is C14H18N2O4. The van der Waals surface area contributed by atoms with Gasteiger partial charge in [-0.2, -0.15) is 0 Å². The molecule has 1 saturated heterocycles. The number of hydrogen-bond acceptors (Lipinski definition) is 4. The minimum absolute atomic E-state index is 0.0784.